The molecule has 0 heterocycles. The Morgan fingerprint density at radius 1 is 1.41 bits per heavy atom. The van der Waals surface area contributed by atoms with Crippen molar-refractivity contribution in [3.8, 4) is 0 Å². The van der Waals surface area contributed by atoms with Crippen molar-refractivity contribution in [2.45, 2.75) is 30.2 Å². The van der Waals surface area contributed by atoms with Gasteiger partial charge >= 0.3 is 0 Å². The number of rotatable bonds is 6. The number of hydrogen-bond acceptors (Lipinski definition) is 3. The van der Waals surface area contributed by atoms with E-state index in [-0.39, 0.29) is 5.91 Å². The van der Waals surface area contributed by atoms with Crippen LogP contribution in [0.5, 0.6) is 0 Å². The van der Waals surface area contributed by atoms with E-state index in [0.717, 1.165) is 18.5 Å². The van der Waals surface area contributed by atoms with Crippen molar-refractivity contribution in [1.29, 1.82) is 0 Å². The van der Waals surface area contributed by atoms with Crippen molar-refractivity contribution in [3.63, 3.8) is 0 Å². The molecule has 1 aliphatic rings. The standard InChI is InChI=1S/C13H18N2OS/c1-17-12-5-3-2-4-11(12)14-9-8-13(16)15-10-6-7-10/h2-5,10,14H,6-9H2,1H3,(H,15,16). The zero-order valence-corrected chi connectivity index (χ0v) is 10.8. The number of thioether (sulfide) groups is 1. The quantitative estimate of drug-likeness (QED) is 0.762. The van der Waals surface area contributed by atoms with Crippen LogP contribution in [0, 0.1) is 0 Å². The number of carbonyl (C=O) groups is 1. The van der Waals surface area contributed by atoms with Crippen molar-refractivity contribution in [3.05, 3.63) is 24.3 Å². The summed E-state index contributed by atoms with van der Waals surface area (Å²) in [4.78, 5) is 12.7. The van der Waals surface area contributed by atoms with Crippen LogP contribution in [0.15, 0.2) is 29.2 Å². The van der Waals surface area contributed by atoms with Crippen LogP contribution in [-0.2, 0) is 4.79 Å². The Hall–Kier alpha value is -1.16. The number of amides is 1. The first-order valence-corrected chi connectivity index (χ1v) is 7.18. The van der Waals surface area contributed by atoms with Crippen LogP contribution in [0.3, 0.4) is 0 Å². The Balaban J connectivity index is 1.74. The summed E-state index contributed by atoms with van der Waals surface area (Å²) in [5.74, 6) is 0.154. The van der Waals surface area contributed by atoms with Crippen LogP contribution in [0.2, 0.25) is 0 Å². The van der Waals surface area contributed by atoms with Gasteiger partial charge in [0.25, 0.3) is 0 Å². The molecular weight excluding hydrogens is 232 g/mol. The number of benzene rings is 1. The predicted molar refractivity (Wildman–Crippen MR) is 72.5 cm³/mol. The summed E-state index contributed by atoms with van der Waals surface area (Å²) in [6.45, 7) is 0.691. The summed E-state index contributed by atoms with van der Waals surface area (Å²) < 4.78 is 0. The average Bonchev–Trinajstić information content (AvgIpc) is 3.13. The molecule has 0 atom stereocenters. The third-order valence-electron chi connectivity index (χ3n) is 2.72. The fourth-order valence-electron chi connectivity index (χ4n) is 1.63. The fraction of sp³-hybridized carbons (Fsp3) is 0.462. The molecule has 1 saturated carbocycles. The highest BCUT2D eigenvalue weighted by atomic mass is 32.2. The van der Waals surface area contributed by atoms with E-state index in [1.807, 2.05) is 18.2 Å². The van der Waals surface area contributed by atoms with Crippen molar-refractivity contribution in [1.82, 2.24) is 5.32 Å². The molecule has 0 unspecified atom stereocenters. The van der Waals surface area contributed by atoms with Gasteiger partial charge in [0.05, 0.1) is 0 Å². The molecule has 0 aliphatic heterocycles. The smallest absolute Gasteiger partial charge is 0.221 e. The van der Waals surface area contributed by atoms with Gasteiger partial charge in [-0.25, -0.2) is 0 Å². The fourth-order valence-corrected chi connectivity index (χ4v) is 2.20. The van der Waals surface area contributed by atoms with Gasteiger partial charge in [0, 0.05) is 29.6 Å². The highest BCUT2D eigenvalue weighted by Gasteiger charge is 2.22. The second-order valence-corrected chi connectivity index (χ2v) is 5.07. The lowest BCUT2D eigenvalue weighted by Crippen LogP contribution is -2.27. The van der Waals surface area contributed by atoms with Crippen molar-refractivity contribution in [2.24, 2.45) is 0 Å². The first kappa shape index (κ1) is 12.3. The molecule has 0 saturated heterocycles. The Morgan fingerprint density at radius 3 is 2.88 bits per heavy atom. The van der Waals surface area contributed by atoms with Crippen LogP contribution in [-0.4, -0.2) is 24.7 Å². The maximum Gasteiger partial charge on any atom is 0.221 e. The van der Waals surface area contributed by atoms with Crippen molar-refractivity contribution < 1.29 is 4.79 Å². The lowest BCUT2D eigenvalue weighted by atomic mass is 10.3. The minimum absolute atomic E-state index is 0.154. The first-order chi connectivity index (χ1) is 8.29. The van der Waals surface area contributed by atoms with Crippen molar-refractivity contribution >= 4 is 23.4 Å². The molecule has 17 heavy (non-hydrogen) atoms. The van der Waals surface area contributed by atoms with E-state index < -0.39 is 0 Å². The third-order valence-corrected chi connectivity index (χ3v) is 3.51. The molecule has 1 aromatic carbocycles. The molecule has 1 fully saturated rings. The third kappa shape index (κ3) is 3.97. The van der Waals surface area contributed by atoms with Crippen LogP contribution in [0.25, 0.3) is 0 Å². The Labute approximate surface area is 106 Å². The van der Waals surface area contributed by atoms with Gasteiger partial charge in [-0.2, -0.15) is 0 Å². The molecule has 4 heteroatoms. The average molecular weight is 250 g/mol. The molecule has 1 aromatic rings. The molecule has 1 amide bonds. The van der Waals surface area contributed by atoms with Gasteiger partial charge in [-0.15, -0.1) is 11.8 Å². The normalized spacial score (nSPS) is 14.4. The van der Waals surface area contributed by atoms with Crippen LogP contribution < -0.4 is 10.6 Å². The van der Waals surface area contributed by atoms with Gasteiger partial charge in [0.15, 0.2) is 0 Å². The number of nitrogens with one attached hydrogen (secondary N) is 2. The summed E-state index contributed by atoms with van der Waals surface area (Å²) in [5, 5.41) is 6.29. The van der Waals surface area contributed by atoms with E-state index in [0.29, 0.717) is 19.0 Å². The van der Waals surface area contributed by atoms with Gasteiger partial charge in [0.1, 0.15) is 0 Å². The van der Waals surface area contributed by atoms with Gasteiger partial charge < -0.3 is 10.6 Å². The summed E-state index contributed by atoms with van der Waals surface area (Å²) >= 11 is 1.71. The molecule has 2 N–H and O–H groups in total. The second-order valence-electron chi connectivity index (χ2n) is 4.22. The Bertz CT molecular complexity index is 391. The second kappa shape index (κ2) is 5.96. The Kier molecular flexibility index (Phi) is 4.31. The summed E-state index contributed by atoms with van der Waals surface area (Å²) in [7, 11) is 0. The van der Waals surface area contributed by atoms with Crippen LogP contribution >= 0.6 is 11.8 Å². The molecule has 2 rings (SSSR count). The molecule has 92 valence electrons. The molecule has 0 radical (unpaired) electrons. The lowest BCUT2D eigenvalue weighted by Gasteiger charge is -2.10. The molecule has 0 aromatic heterocycles. The summed E-state index contributed by atoms with van der Waals surface area (Å²) in [6.07, 6.45) is 4.89. The molecule has 1 aliphatic carbocycles. The van der Waals surface area contributed by atoms with Gasteiger partial charge in [-0.3, -0.25) is 4.79 Å². The SMILES string of the molecule is CSc1ccccc1NCCC(=O)NC1CC1. The molecule has 0 spiro atoms. The highest BCUT2D eigenvalue weighted by Crippen LogP contribution is 2.24. The minimum Gasteiger partial charge on any atom is -0.384 e. The maximum absolute atomic E-state index is 11.5. The molecule has 0 bridgehead atoms. The Morgan fingerprint density at radius 2 is 2.18 bits per heavy atom. The maximum atomic E-state index is 11.5. The van der Waals surface area contributed by atoms with E-state index in [4.69, 9.17) is 0 Å². The van der Waals surface area contributed by atoms with E-state index in [1.54, 1.807) is 11.8 Å². The molecular formula is C13H18N2OS. The van der Waals surface area contributed by atoms with Crippen LogP contribution in [0.4, 0.5) is 5.69 Å². The van der Waals surface area contributed by atoms with Crippen LogP contribution in [0.1, 0.15) is 19.3 Å². The monoisotopic (exact) mass is 250 g/mol. The van der Waals surface area contributed by atoms with E-state index >= 15 is 0 Å². The van der Waals surface area contributed by atoms with Gasteiger partial charge in [-0.1, -0.05) is 12.1 Å². The van der Waals surface area contributed by atoms with E-state index in [9.17, 15) is 4.79 Å². The summed E-state index contributed by atoms with van der Waals surface area (Å²) in [6, 6.07) is 8.62. The number of anilines is 1. The van der Waals surface area contributed by atoms with Gasteiger partial charge in [-0.05, 0) is 31.2 Å². The van der Waals surface area contributed by atoms with Crippen molar-refractivity contribution in [2.75, 3.05) is 18.1 Å². The number of carbonyl (C=O) groups excluding carboxylic acids is 1. The number of para-hydroxylation sites is 1. The first-order valence-electron chi connectivity index (χ1n) is 5.96. The zero-order valence-electron chi connectivity index (χ0n) is 10.0. The van der Waals surface area contributed by atoms with E-state index in [1.165, 1.54) is 4.90 Å². The predicted octanol–water partition coefficient (Wildman–Crippen LogP) is 2.49. The van der Waals surface area contributed by atoms with E-state index in [2.05, 4.69) is 23.0 Å². The lowest BCUT2D eigenvalue weighted by molar-refractivity contribution is -0.120. The minimum atomic E-state index is 0.154. The largest absolute Gasteiger partial charge is 0.384 e. The number of hydrogen-bond donors (Lipinski definition) is 2. The molecule has 3 nitrogen and oxygen atoms in total. The topological polar surface area (TPSA) is 41.1 Å². The van der Waals surface area contributed by atoms with Gasteiger partial charge in [0.2, 0.25) is 5.91 Å². The summed E-state index contributed by atoms with van der Waals surface area (Å²) in [5.41, 5.74) is 1.11. The zero-order chi connectivity index (χ0) is 12.1. The highest BCUT2D eigenvalue weighted by molar-refractivity contribution is 7.98.